The molecule has 0 spiro atoms. The van der Waals surface area contributed by atoms with Crippen molar-refractivity contribution in [1.29, 1.82) is 0 Å². The standard InChI is InChI=1S/C25H26N2O4/c1-17(22-8-4-6-19-5-2-3-7-23(19)22)26-13-21-15-27(24(28)16-31-21)14-18-9-11-20(12-10-18)25(29)30/h2-12,17,21,26H,13-16H2,1H3,(H,29,30)/t17-,21?/m1/s1. The number of carboxylic acids is 1. The van der Waals surface area contributed by atoms with Crippen molar-refractivity contribution in [3.8, 4) is 0 Å². The van der Waals surface area contributed by atoms with Crippen LogP contribution in [0.15, 0.2) is 66.7 Å². The van der Waals surface area contributed by atoms with Crippen LogP contribution in [0.1, 0.15) is 34.5 Å². The van der Waals surface area contributed by atoms with Gasteiger partial charge < -0.3 is 20.1 Å². The van der Waals surface area contributed by atoms with Gasteiger partial charge in [-0.2, -0.15) is 0 Å². The van der Waals surface area contributed by atoms with Crippen molar-refractivity contribution in [2.75, 3.05) is 19.7 Å². The third kappa shape index (κ3) is 4.93. The van der Waals surface area contributed by atoms with E-state index in [1.165, 1.54) is 16.3 Å². The SMILES string of the molecule is C[C@@H](NCC1CN(Cc2ccc(C(=O)O)cc2)C(=O)CO1)c1cccc2ccccc12. The molecule has 1 amide bonds. The number of carbonyl (C=O) groups excluding carboxylic acids is 1. The van der Waals surface area contributed by atoms with Crippen LogP contribution in [-0.4, -0.2) is 47.7 Å². The van der Waals surface area contributed by atoms with E-state index in [1.54, 1.807) is 29.2 Å². The zero-order valence-electron chi connectivity index (χ0n) is 17.5. The monoisotopic (exact) mass is 418 g/mol. The van der Waals surface area contributed by atoms with E-state index in [-0.39, 0.29) is 30.2 Å². The number of morpholine rings is 1. The molecule has 0 bridgehead atoms. The van der Waals surface area contributed by atoms with Gasteiger partial charge in [0.1, 0.15) is 6.61 Å². The highest BCUT2D eigenvalue weighted by molar-refractivity contribution is 5.87. The van der Waals surface area contributed by atoms with E-state index in [2.05, 4.69) is 48.6 Å². The summed E-state index contributed by atoms with van der Waals surface area (Å²) in [5.41, 5.74) is 2.37. The minimum absolute atomic E-state index is 0.0549. The lowest BCUT2D eigenvalue weighted by atomic mass is 9.99. The second-order valence-electron chi connectivity index (χ2n) is 7.91. The molecule has 1 heterocycles. The van der Waals surface area contributed by atoms with Gasteiger partial charge in [-0.05, 0) is 41.0 Å². The smallest absolute Gasteiger partial charge is 0.335 e. The third-order valence-corrected chi connectivity index (χ3v) is 5.74. The van der Waals surface area contributed by atoms with Gasteiger partial charge in [-0.25, -0.2) is 4.79 Å². The van der Waals surface area contributed by atoms with Crippen molar-refractivity contribution in [2.24, 2.45) is 0 Å². The largest absolute Gasteiger partial charge is 0.478 e. The molecule has 31 heavy (non-hydrogen) atoms. The van der Waals surface area contributed by atoms with Gasteiger partial charge in [0.15, 0.2) is 0 Å². The van der Waals surface area contributed by atoms with Crippen molar-refractivity contribution in [3.63, 3.8) is 0 Å². The van der Waals surface area contributed by atoms with Crippen LogP contribution in [-0.2, 0) is 16.1 Å². The number of nitrogens with one attached hydrogen (secondary N) is 1. The minimum atomic E-state index is -0.958. The molecule has 6 nitrogen and oxygen atoms in total. The van der Waals surface area contributed by atoms with Gasteiger partial charge in [0.05, 0.1) is 11.7 Å². The van der Waals surface area contributed by atoms with E-state index in [9.17, 15) is 9.59 Å². The molecule has 0 aliphatic carbocycles. The Bertz CT molecular complexity index is 1080. The Morgan fingerprint density at radius 1 is 1.13 bits per heavy atom. The molecule has 0 radical (unpaired) electrons. The molecule has 3 aromatic rings. The number of carbonyl (C=O) groups is 2. The lowest BCUT2D eigenvalue weighted by molar-refractivity contribution is -0.149. The molecule has 1 unspecified atom stereocenters. The second-order valence-corrected chi connectivity index (χ2v) is 7.91. The van der Waals surface area contributed by atoms with Gasteiger partial charge in [0.25, 0.3) is 0 Å². The number of benzene rings is 3. The quantitative estimate of drug-likeness (QED) is 0.613. The molecule has 6 heteroatoms. The zero-order valence-corrected chi connectivity index (χ0v) is 17.5. The molecule has 0 aromatic heterocycles. The van der Waals surface area contributed by atoms with Crippen molar-refractivity contribution < 1.29 is 19.4 Å². The normalized spacial score (nSPS) is 17.6. The molecule has 1 fully saturated rings. The summed E-state index contributed by atoms with van der Waals surface area (Å²) in [5.74, 6) is -1.01. The van der Waals surface area contributed by atoms with Gasteiger partial charge in [-0.15, -0.1) is 0 Å². The first-order valence-electron chi connectivity index (χ1n) is 10.4. The van der Waals surface area contributed by atoms with Gasteiger partial charge in [-0.1, -0.05) is 54.6 Å². The summed E-state index contributed by atoms with van der Waals surface area (Å²) >= 11 is 0. The third-order valence-electron chi connectivity index (χ3n) is 5.74. The lowest BCUT2D eigenvalue weighted by Gasteiger charge is -2.33. The van der Waals surface area contributed by atoms with E-state index in [0.717, 1.165) is 5.56 Å². The molecule has 1 saturated heterocycles. The fraction of sp³-hybridized carbons (Fsp3) is 0.280. The van der Waals surface area contributed by atoms with Crippen LogP contribution in [0.2, 0.25) is 0 Å². The number of rotatable bonds is 7. The Hall–Kier alpha value is -3.22. The maximum absolute atomic E-state index is 12.3. The van der Waals surface area contributed by atoms with Crippen LogP contribution < -0.4 is 5.32 Å². The highest BCUT2D eigenvalue weighted by atomic mass is 16.5. The van der Waals surface area contributed by atoms with Crippen molar-refractivity contribution in [2.45, 2.75) is 25.6 Å². The van der Waals surface area contributed by atoms with E-state index < -0.39 is 5.97 Å². The van der Waals surface area contributed by atoms with E-state index in [4.69, 9.17) is 9.84 Å². The van der Waals surface area contributed by atoms with E-state index in [0.29, 0.717) is 19.6 Å². The first-order valence-corrected chi connectivity index (χ1v) is 10.4. The second kappa shape index (κ2) is 9.29. The highest BCUT2D eigenvalue weighted by Gasteiger charge is 2.26. The molecule has 2 atom stereocenters. The molecule has 1 aliphatic heterocycles. The number of hydrogen-bond acceptors (Lipinski definition) is 4. The maximum atomic E-state index is 12.3. The van der Waals surface area contributed by atoms with Crippen LogP contribution in [0.3, 0.4) is 0 Å². The molecule has 2 N–H and O–H groups in total. The molecule has 0 saturated carbocycles. The van der Waals surface area contributed by atoms with Gasteiger partial charge in [-0.3, -0.25) is 4.79 Å². The predicted molar refractivity (Wildman–Crippen MR) is 119 cm³/mol. The van der Waals surface area contributed by atoms with Gasteiger partial charge in [0, 0.05) is 25.7 Å². The first kappa shape index (κ1) is 21.0. The van der Waals surface area contributed by atoms with Gasteiger partial charge in [0.2, 0.25) is 5.91 Å². The molecular formula is C25H26N2O4. The van der Waals surface area contributed by atoms with Crippen molar-refractivity contribution in [1.82, 2.24) is 10.2 Å². The summed E-state index contributed by atoms with van der Waals surface area (Å²) in [7, 11) is 0. The average molecular weight is 418 g/mol. The van der Waals surface area contributed by atoms with Crippen molar-refractivity contribution >= 4 is 22.6 Å². The van der Waals surface area contributed by atoms with Crippen LogP contribution in [0.25, 0.3) is 10.8 Å². The molecular weight excluding hydrogens is 392 g/mol. The molecule has 4 rings (SSSR count). The number of carboxylic acid groups (broad SMARTS) is 1. The number of ether oxygens (including phenoxy) is 1. The first-order chi connectivity index (χ1) is 15.0. The molecule has 160 valence electrons. The minimum Gasteiger partial charge on any atom is -0.478 e. The summed E-state index contributed by atoms with van der Waals surface area (Å²) in [6.45, 7) is 3.76. The van der Waals surface area contributed by atoms with E-state index in [1.807, 2.05) is 6.07 Å². The predicted octanol–water partition coefficient (Wildman–Crippen LogP) is 3.62. The number of hydrogen-bond donors (Lipinski definition) is 2. The molecule has 3 aromatic carbocycles. The Balaban J connectivity index is 1.37. The van der Waals surface area contributed by atoms with Crippen LogP contribution in [0.4, 0.5) is 0 Å². The fourth-order valence-corrected chi connectivity index (χ4v) is 3.98. The highest BCUT2D eigenvalue weighted by Crippen LogP contribution is 2.24. The van der Waals surface area contributed by atoms with Crippen LogP contribution in [0.5, 0.6) is 0 Å². The molecule has 1 aliphatic rings. The number of nitrogens with zero attached hydrogens (tertiary/aromatic N) is 1. The maximum Gasteiger partial charge on any atom is 0.335 e. The summed E-state index contributed by atoms with van der Waals surface area (Å²) in [5, 5.41) is 15.0. The number of fused-ring (bicyclic) bond motifs is 1. The van der Waals surface area contributed by atoms with Crippen molar-refractivity contribution in [3.05, 3.63) is 83.4 Å². The number of aromatic carboxylic acids is 1. The summed E-state index contributed by atoms with van der Waals surface area (Å²) in [4.78, 5) is 25.1. The average Bonchev–Trinajstić information content (AvgIpc) is 2.79. The fourth-order valence-electron chi connectivity index (χ4n) is 3.98. The van der Waals surface area contributed by atoms with E-state index >= 15 is 0 Å². The topological polar surface area (TPSA) is 78.9 Å². The van der Waals surface area contributed by atoms with Crippen LogP contribution >= 0.6 is 0 Å². The van der Waals surface area contributed by atoms with Crippen LogP contribution in [0, 0.1) is 0 Å². The zero-order chi connectivity index (χ0) is 21.8. The number of amides is 1. The Morgan fingerprint density at radius 2 is 1.87 bits per heavy atom. The Kier molecular flexibility index (Phi) is 6.30. The Morgan fingerprint density at radius 3 is 2.65 bits per heavy atom. The van der Waals surface area contributed by atoms with Gasteiger partial charge >= 0.3 is 5.97 Å². The Labute approximate surface area is 181 Å². The summed E-state index contributed by atoms with van der Waals surface area (Å²) in [6, 6.07) is 21.4. The lowest BCUT2D eigenvalue weighted by Crippen LogP contribution is -2.49. The summed E-state index contributed by atoms with van der Waals surface area (Å²) < 4.78 is 5.75. The summed E-state index contributed by atoms with van der Waals surface area (Å²) in [6.07, 6.45) is -0.103.